The molecule has 122 valence electrons. The minimum absolute atomic E-state index is 0.107. The molecule has 1 aromatic rings. The van der Waals surface area contributed by atoms with E-state index >= 15 is 0 Å². The molecule has 0 aromatic heterocycles. The molecule has 1 fully saturated rings. The van der Waals surface area contributed by atoms with Crippen molar-refractivity contribution in [1.82, 2.24) is 0 Å². The lowest BCUT2D eigenvalue weighted by atomic mass is 10.0. The van der Waals surface area contributed by atoms with Crippen molar-refractivity contribution in [3.63, 3.8) is 0 Å². The summed E-state index contributed by atoms with van der Waals surface area (Å²) < 4.78 is 30.7. The fraction of sp³-hybridized carbons (Fsp3) is 0.562. The van der Waals surface area contributed by atoms with Gasteiger partial charge in [0.05, 0.1) is 21.8 Å². The maximum absolute atomic E-state index is 12.6. The van der Waals surface area contributed by atoms with Gasteiger partial charge in [0, 0.05) is 0 Å². The predicted octanol–water partition coefficient (Wildman–Crippen LogP) is 3.68. The molecular weight excluding hydrogens is 320 g/mol. The Balaban J connectivity index is 2.20. The van der Waals surface area contributed by atoms with E-state index in [0.717, 1.165) is 18.4 Å². The van der Waals surface area contributed by atoms with Gasteiger partial charge in [-0.3, -0.25) is 4.79 Å². The van der Waals surface area contributed by atoms with Crippen molar-refractivity contribution in [3.05, 3.63) is 29.8 Å². The van der Waals surface area contributed by atoms with Crippen molar-refractivity contribution in [1.29, 1.82) is 0 Å². The van der Waals surface area contributed by atoms with Crippen molar-refractivity contribution in [3.8, 4) is 0 Å². The largest absolute Gasteiger partial charge is 0.364 e. The zero-order chi connectivity index (χ0) is 16.4. The van der Waals surface area contributed by atoms with Crippen LogP contribution in [0.25, 0.3) is 0 Å². The molecule has 0 atom stereocenters. The number of rotatable bonds is 5. The molecule has 4 nitrogen and oxygen atoms in total. The number of aryl methyl sites for hydroxylation is 1. The van der Waals surface area contributed by atoms with E-state index in [1.807, 2.05) is 20.8 Å². The molecule has 0 saturated heterocycles. The number of hydrogen-bond donors (Lipinski definition) is 0. The molecular formula is C16H22O4S2. The van der Waals surface area contributed by atoms with Crippen LogP contribution in [0.3, 0.4) is 0 Å². The Morgan fingerprint density at radius 2 is 1.73 bits per heavy atom. The molecule has 0 bridgehead atoms. The van der Waals surface area contributed by atoms with Gasteiger partial charge in [-0.25, -0.2) is 8.42 Å². The first kappa shape index (κ1) is 17.5. The molecule has 0 unspecified atom stereocenters. The molecule has 1 saturated carbocycles. The Morgan fingerprint density at radius 1 is 1.18 bits per heavy atom. The molecule has 0 aliphatic heterocycles. The van der Waals surface area contributed by atoms with Gasteiger partial charge in [0.25, 0.3) is 0 Å². The number of carbonyl (C=O) groups is 1. The fourth-order valence-electron chi connectivity index (χ4n) is 2.70. The first-order valence-electron chi connectivity index (χ1n) is 7.49. The second kappa shape index (κ2) is 6.72. The molecule has 0 radical (unpaired) electrons. The van der Waals surface area contributed by atoms with E-state index in [-0.39, 0.29) is 16.1 Å². The van der Waals surface area contributed by atoms with Gasteiger partial charge in [-0.1, -0.05) is 17.7 Å². The third kappa shape index (κ3) is 3.91. The maximum atomic E-state index is 12.6. The second-order valence-corrected chi connectivity index (χ2v) is 9.74. The van der Waals surface area contributed by atoms with Crippen LogP contribution in [0.4, 0.5) is 0 Å². The van der Waals surface area contributed by atoms with Gasteiger partial charge < -0.3 is 4.74 Å². The van der Waals surface area contributed by atoms with E-state index in [0.29, 0.717) is 23.6 Å². The SMILES string of the molecule is Cc1ccc(S(=O)(=O)SC(=O)C2(OC(C)C)CCCC2)cc1. The molecule has 0 amide bonds. The highest BCUT2D eigenvalue weighted by Crippen LogP contribution is 2.40. The van der Waals surface area contributed by atoms with Gasteiger partial charge in [-0.05, 0) is 58.6 Å². The third-order valence-electron chi connectivity index (χ3n) is 3.74. The van der Waals surface area contributed by atoms with E-state index in [2.05, 4.69) is 0 Å². The molecule has 22 heavy (non-hydrogen) atoms. The smallest absolute Gasteiger partial charge is 0.237 e. The van der Waals surface area contributed by atoms with Crippen LogP contribution in [-0.2, 0) is 18.4 Å². The Bertz CT molecular complexity index is 627. The summed E-state index contributed by atoms with van der Waals surface area (Å²) in [5.74, 6) is 0. The Morgan fingerprint density at radius 3 is 2.23 bits per heavy atom. The van der Waals surface area contributed by atoms with Crippen molar-refractivity contribution >= 4 is 24.8 Å². The van der Waals surface area contributed by atoms with Crippen LogP contribution in [0.15, 0.2) is 29.2 Å². The molecule has 0 spiro atoms. The minimum atomic E-state index is -3.70. The summed E-state index contributed by atoms with van der Waals surface area (Å²) in [6.07, 6.45) is 2.87. The van der Waals surface area contributed by atoms with E-state index < -0.39 is 14.5 Å². The Hall–Kier alpha value is -0.850. The van der Waals surface area contributed by atoms with Gasteiger partial charge >= 0.3 is 0 Å². The first-order chi connectivity index (χ1) is 10.3. The van der Waals surface area contributed by atoms with E-state index in [4.69, 9.17) is 4.74 Å². The average Bonchev–Trinajstić information content (AvgIpc) is 2.87. The van der Waals surface area contributed by atoms with Crippen molar-refractivity contribution in [2.24, 2.45) is 0 Å². The molecule has 1 aliphatic rings. The average molecular weight is 342 g/mol. The summed E-state index contributed by atoms with van der Waals surface area (Å²) in [7, 11) is -3.29. The predicted molar refractivity (Wildman–Crippen MR) is 88.4 cm³/mol. The lowest BCUT2D eigenvalue weighted by molar-refractivity contribution is -0.140. The minimum Gasteiger partial charge on any atom is -0.364 e. The third-order valence-corrected chi connectivity index (χ3v) is 7.02. The highest BCUT2D eigenvalue weighted by Gasteiger charge is 2.45. The summed E-state index contributed by atoms with van der Waals surface area (Å²) in [5.41, 5.74) is 0.0297. The fourth-order valence-corrected chi connectivity index (χ4v) is 5.54. The topological polar surface area (TPSA) is 60.4 Å². The van der Waals surface area contributed by atoms with Crippen LogP contribution in [-0.4, -0.2) is 25.2 Å². The molecule has 1 aromatic carbocycles. The van der Waals surface area contributed by atoms with Crippen LogP contribution < -0.4 is 0 Å². The second-order valence-electron chi connectivity index (χ2n) is 6.01. The summed E-state index contributed by atoms with van der Waals surface area (Å²) in [5, 5.41) is -0.390. The summed E-state index contributed by atoms with van der Waals surface area (Å²) >= 11 is 0. The van der Waals surface area contributed by atoms with Crippen LogP contribution in [0.2, 0.25) is 0 Å². The monoisotopic (exact) mass is 342 g/mol. The lowest BCUT2D eigenvalue weighted by Gasteiger charge is -2.29. The van der Waals surface area contributed by atoms with Crippen molar-refractivity contribution in [2.45, 2.75) is 63.1 Å². The molecule has 2 rings (SSSR count). The van der Waals surface area contributed by atoms with E-state index in [1.165, 1.54) is 12.1 Å². The van der Waals surface area contributed by atoms with Gasteiger partial charge in [0.1, 0.15) is 5.60 Å². The van der Waals surface area contributed by atoms with Gasteiger partial charge in [0.2, 0.25) is 14.0 Å². The van der Waals surface area contributed by atoms with Gasteiger partial charge in [-0.15, -0.1) is 0 Å². The first-order valence-corrected chi connectivity index (χ1v) is 10.3. The lowest BCUT2D eigenvalue weighted by Crippen LogP contribution is -2.39. The number of hydrogen-bond acceptors (Lipinski definition) is 5. The van der Waals surface area contributed by atoms with Gasteiger partial charge in [0.15, 0.2) is 0 Å². The molecule has 0 N–H and O–H groups in total. The Labute approximate surface area is 135 Å². The number of benzene rings is 1. The highest BCUT2D eigenvalue weighted by atomic mass is 33.1. The zero-order valence-corrected chi connectivity index (χ0v) is 14.8. The normalized spacial score (nSPS) is 17.8. The molecule has 1 aliphatic carbocycles. The standard InChI is InChI=1S/C16H22O4S2/c1-12(2)20-16(10-4-5-11-16)15(17)21-22(18,19)14-8-6-13(3)7-9-14/h6-9,12H,4-5,10-11H2,1-3H3. The van der Waals surface area contributed by atoms with Crippen molar-refractivity contribution in [2.75, 3.05) is 0 Å². The summed E-state index contributed by atoms with van der Waals surface area (Å²) in [4.78, 5) is 12.8. The van der Waals surface area contributed by atoms with Crippen LogP contribution in [0, 0.1) is 6.92 Å². The van der Waals surface area contributed by atoms with Crippen molar-refractivity contribution < 1.29 is 17.9 Å². The van der Waals surface area contributed by atoms with Crippen LogP contribution in [0.1, 0.15) is 45.1 Å². The molecule has 6 heteroatoms. The maximum Gasteiger partial charge on any atom is 0.237 e. The number of ether oxygens (including phenoxy) is 1. The van der Waals surface area contributed by atoms with E-state index in [1.54, 1.807) is 12.1 Å². The number of carbonyl (C=O) groups excluding carboxylic acids is 1. The molecule has 0 heterocycles. The quantitative estimate of drug-likeness (QED) is 0.764. The van der Waals surface area contributed by atoms with Crippen LogP contribution in [0.5, 0.6) is 0 Å². The van der Waals surface area contributed by atoms with Crippen LogP contribution >= 0.6 is 10.8 Å². The Kier molecular flexibility index (Phi) is 5.35. The van der Waals surface area contributed by atoms with Gasteiger partial charge in [-0.2, -0.15) is 0 Å². The zero-order valence-electron chi connectivity index (χ0n) is 13.2. The summed E-state index contributed by atoms with van der Waals surface area (Å²) in [6, 6.07) is 6.53. The summed E-state index contributed by atoms with van der Waals surface area (Å²) in [6.45, 7) is 5.62. The van der Waals surface area contributed by atoms with E-state index in [9.17, 15) is 13.2 Å². The highest BCUT2D eigenvalue weighted by molar-refractivity contribution is 8.77.